The van der Waals surface area contributed by atoms with E-state index in [-0.39, 0.29) is 5.41 Å². The molecular weight excluding hydrogens is 651 g/mol. The molecule has 0 amide bonds. The molecule has 1 aliphatic rings. The molecule has 10 aromatic rings. The van der Waals surface area contributed by atoms with E-state index in [0.717, 1.165) is 33.6 Å². The van der Waals surface area contributed by atoms with Crippen molar-refractivity contribution in [2.24, 2.45) is 0 Å². The molecule has 2 nitrogen and oxygen atoms in total. The van der Waals surface area contributed by atoms with Gasteiger partial charge < -0.3 is 9.32 Å². The first kappa shape index (κ1) is 29.6. The minimum absolute atomic E-state index is 0.0972. The number of furan rings is 1. The third kappa shape index (κ3) is 4.17. The Morgan fingerprint density at radius 2 is 1.12 bits per heavy atom. The Bertz CT molecular complexity index is 3040. The normalized spacial score (nSPS) is 13.3. The van der Waals surface area contributed by atoms with Crippen LogP contribution in [0.25, 0.3) is 75.1 Å². The van der Waals surface area contributed by atoms with Crippen molar-refractivity contribution < 1.29 is 4.42 Å². The second-order valence-corrected chi connectivity index (χ2v) is 15.5. The first-order chi connectivity index (χ1) is 25.5. The quantitative estimate of drug-likeness (QED) is 0.184. The van der Waals surface area contributed by atoms with E-state index in [9.17, 15) is 0 Å². The summed E-state index contributed by atoms with van der Waals surface area (Å²) < 4.78 is 9.10. The lowest BCUT2D eigenvalue weighted by molar-refractivity contribution is 0.660. The Labute approximate surface area is 305 Å². The fourth-order valence-corrected chi connectivity index (χ4v) is 10.0. The molecule has 3 heteroatoms. The second-order valence-electron chi connectivity index (χ2n) is 14.5. The summed E-state index contributed by atoms with van der Waals surface area (Å²) in [5.74, 6) is 0. The minimum Gasteiger partial charge on any atom is -0.455 e. The van der Waals surface area contributed by atoms with Crippen LogP contribution in [0.5, 0.6) is 0 Å². The number of anilines is 3. The number of hydrogen-bond acceptors (Lipinski definition) is 3. The average molecular weight is 684 g/mol. The molecule has 52 heavy (non-hydrogen) atoms. The molecular formula is C49H33NOS. The van der Waals surface area contributed by atoms with Gasteiger partial charge in [0.15, 0.2) is 0 Å². The number of para-hydroxylation sites is 1. The van der Waals surface area contributed by atoms with Gasteiger partial charge in [-0.3, -0.25) is 0 Å². The predicted molar refractivity (Wildman–Crippen MR) is 222 cm³/mol. The number of fused-ring (bicyclic) bond motifs is 13. The lowest BCUT2D eigenvalue weighted by atomic mass is 9.82. The van der Waals surface area contributed by atoms with Crippen molar-refractivity contribution >= 4 is 81.3 Å². The highest BCUT2D eigenvalue weighted by molar-refractivity contribution is 7.27. The first-order valence-corrected chi connectivity index (χ1v) is 18.7. The van der Waals surface area contributed by atoms with Gasteiger partial charge in [-0.1, -0.05) is 135 Å². The Morgan fingerprint density at radius 3 is 1.96 bits per heavy atom. The Kier molecular flexibility index (Phi) is 6.21. The van der Waals surface area contributed by atoms with Gasteiger partial charge in [0.05, 0.1) is 0 Å². The lowest BCUT2D eigenvalue weighted by Gasteiger charge is -2.28. The fourth-order valence-electron chi connectivity index (χ4n) is 8.74. The maximum absolute atomic E-state index is 6.56. The summed E-state index contributed by atoms with van der Waals surface area (Å²) in [7, 11) is 0. The maximum Gasteiger partial charge on any atom is 0.144 e. The molecule has 2 aromatic heterocycles. The van der Waals surface area contributed by atoms with Crippen molar-refractivity contribution in [3.05, 3.63) is 175 Å². The Balaban J connectivity index is 1.14. The molecule has 11 rings (SSSR count). The van der Waals surface area contributed by atoms with Gasteiger partial charge in [0.2, 0.25) is 0 Å². The first-order valence-electron chi connectivity index (χ1n) is 17.9. The van der Waals surface area contributed by atoms with Crippen LogP contribution >= 0.6 is 11.3 Å². The molecule has 0 atom stereocenters. The monoisotopic (exact) mass is 683 g/mol. The average Bonchev–Trinajstić information content (AvgIpc) is 3.84. The van der Waals surface area contributed by atoms with E-state index in [2.05, 4.69) is 183 Å². The molecule has 0 fully saturated rings. The van der Waals surface area contributed by atoms with E-state index >= 15 is 0 Å². The summed E-state index contributed by atoms with van der Waals surface area (Å²) in [5, 5.41) is 7.35. The second kappa shape index (κ2) is 10.9. The summed E-state index contributed by atoms with van der Waals surface area (Å²) in [4.78, 5) is 2.43. The Morgan fingerprint density at radius 1 is 0.481 bits per heavy atom. The van der Waals surface area contributed by atoms with Gasteiger partial charge in [-0.05, 0) is 81.2 Å². The highest BCUT2D eigenvalue weighted by Gasteiger charge is 2.35. The van der Waals surface area contributed by atoms with Crippen LogP contribution < -0.4 is 4.90 Å². The van der Waals surface area contributed by atoms with Gasteiger partial charge in [0.1, 0.15) is 11.2 Å². The van der Waals surface area contributed by atoms with E-state index in [0.29, 0.717) is 0 Å². The number of hydrogen-bond donors (Lipinski definition) is 0. The van der Waals surface area contributed by atoms with Crippen LogP contribution in [0.1, 0.15) is 25.0 Å². The predicted octanol–water partition coefficient (Wildman–Crippen LogP) is 14.6. The molecule has 0 N–H and O–H groups in total. The molecule has 0 saturated heterocycles. The highest BCUT2D eigenvalue weighted by atomic mass is 32.1. The molecule has 0 radical (unpaired) electrons. The van der Waals surface area contributed by atoms with Crippen LogP contribution in [0.15, 0.2) is 168 Å². The third-order valence-electron chi connectivity index (χ3n) is 11.3. The smallest absolute Gasteiger partial charge is 0.144 e. The largest absolute Gasteiger partial charge is 0.455 e. The summed E-state index contributed by atoms with van der Waals surface area (Å²) >= 11 is 1.87. The molecule has 246 valence electrons. The number of thiophene rings is 1. The van der Waals surface area contributed by atoms with Crippen molar-refractivity contribution in [1.82, 2.24) is 0 Å². The van der Waals surface area contributed by atoms with E-state index in [1.165, 1.54) is 69.7 Å². The third-order valence-corrected chi connectivity index (χ3v) is 12.4. The zero-order valence-corrected chi connectivity index (χ0v) is 29.7. The molecule has 0 aliphatic heterocycles. The summed E-state index contributed by atoms with van der Waals surface area (Å²) in [6.07, 6.45) is 0. The zero-order chi connectivity index (χ0) is 34.6. The minimum atomic E-state index is -0.0972. The number of nitrogens with zero attached hydrogens (tertiary/aromatic N) is 1. The highest BCUT2D eigenvalue weighted by Crippen LogP contribution is 2.52. The van der Waals surface area contributed by atoms with E-state index in [1.807, 2.05) is 11.3 Å². The van der Waals surface area contributed by atoms with Crippen molar-refractivity contribution in [2.75, 3.05) is 4.90 Å². The summed E-state index contributed by atoms with van der Waals surface area (Å²) in [6.45, 7) is 4.71. The standard InChI is InChI=1S/C49H33NOS/c1-49(2)41-18-10-8-14-35(41)36-26-24-33(28-42(36)49)50(32-22-20-31(21-23-32)30-12-4-3-5-13-30)34-25-27-40-44(29-34)52-48-45(40)37-15-6-7-16-38(37)47-46(48)39-17-9-11-19-43(39)51-47/h3-29H,1-2H3. The SMILES string of the molecule is CC1(C)c2ccccc2-c2ccc(N(c3ccc(-c4ccccc4)cc3)c3ccc4c(c3)sc3c4c4ccccc4c4oc5ccccc5c43)cc21. The lowest BCUT2D eigenvalue weighted by Crippen LogP contribution is -2.16. The molecule has 0 spiro atoms. The van der Waals surface area contributed by atoms with Crippen LogP contribution in [0.4, 0.5) is 17.1 Å². The van der Waals surface area contributed by atoms with Gasteiger partial charge in [-0.2, -0.15) is 0 Å². The molecule has 0 saturated carbocycles. The molecule has 0 unspecified atom stereocenters. The van der Waals surface area contributed by atoms with Crippen LogP contribution in [0, 0.1) is 0 Å². The van der Waals surface area contributed by atoms with Crippen molar-refractivity contribution in [2.45, 2.75) is 19.3 Å². The topological polar surface area (TPSA) is 16.4 Å². The van der Waals surface area contributed by atoms with E-state index in [4.69, 9.17) is 4.42 Å². The fraction of sp³-hybridized carbons (Fsp3) is 0.0612. The van der Waals surface area contributed by atoms with E-state index < -0.39 is 0 Å². The zero-order valence-electron chi connectivity index (χ0n) is 28.9. The number of rotatable bonds is 4. The van der Waals surface area contributed by atoms with Crippen molar-refractivity contribution in [3.63, 3.8) is 0 Å². The van der Waals surface area contributed by atoms with Gasteiger partial charge in [-0.25, -0.2) is 0 Å². The maximum atomic E-state index is 6.56. The molecule has 8 aromatic carbocycles. The summed E-state index contributed by atoms with van der Waals surface area (Å²) in [6, 6.07) is 59.7. The van der Waals surface area contributed by atoms with Gasteiger partial charge >= 0.3 is 0 Å². The van der Waals surface area contributed by atoms with E-state index in [1.54, 1.807) is 0 Å². The summed E-state index contributed by atoms with van der Waals surface area (Å²) in [5.41, 5.74) is 13.1. The number of benzene rings is 8. The molecule has 2 heterocycles. The van der Waals surface area contributed by atoms with Gasteiger partial charge in [0.25, 0.3) is 0 Å². The van der Waals surface area contributed by atoms with Crippen LogP contribution in [-0.2, 0) is 5.41 Å². The molecule has 1 aliphatic carbocycles. The van der Waals surface area contributed by atoms with Gasteiger partial charge in [-0.15, -0.1) is 11.3 Å². The van der Waals surface area contributed by atoms with Crippen LogP contribution in [0.2, 0.25) is 0 Å². The van der Waals surface area contributed by atoms with Crippen LogP contribution in [-0.4, -0.2) is 0 Å². The van der Waals surface area contributed by atoms with Crippen molar-refractivity contribution in [3.8, 4) is 22.3 Å². The van der Waals surface area contributed by atoms with Crippen LogP contribution in [0.3, 0.4) is 0 Å². The Hall–Kier alpha value is -6.16. The van der Waals surface area contributed by atoms with Gasteiger partial charge in [0, 0.05) is 58.8 Å². The molecule has 0 bridgehead atoms. The van der Waals surface area contributed by atoms with Crippen molar-refractivity contribution in [1.29, 1.82) is 0 Å².